The van der Waals surface area contributed by atoms with E-state index in [1.54, 1.807) is 13.2 Å². The van der Waals surface area contributed by atoms with Gasteiger partial charge < -0.3 is 20.3 Å². The number of nitrogens with one attached hydrogen (secondary N) is 2. The van der Waals surface area contributed by atoms with Gasteiger partial charge in [0.2, 0.25) is 5.91 Å². The van der Waals surface area contributed by atoms with E-state index in [0.29, 0.717) is 18.7 Å². The van der Waals surface area contributed by atoms with Crippen LogP contribution in [0.15, 0.2) is 77.7 Å². The van der Waals surface area contributed by atoms with Gasteiger partial charge in [0.25, 0.3) is 5.91 Å². The molecule has 0 radical (unpaired) electrons. The molecule has 0 saturated carbocycles. The molecule has 0 aliphatic carbocycles. The molecule has 0 saturated heterocycles. The number of rotatable bonds is 9. The molecular weight excluding hydrogens is 434 g/mol. The van der Waals surface area contributed by atoms with Crippen LogP contribution >= 0.6 is 11.8 Å². The van der Waals surface area contributed by atoms with Crippen molar-refractivity contribution < 1.29 is 14.3 Å². The molecule has 1 aliphatic heterocycles. The van der Waals surface area contributed by atoms with Gasteiger partial charge in [-0.3, -0.25) is 9.59 Å². The fourth-order valence-electron chi connectivity index (χ4n) is 3.80. The van der Waals surface area contributed by atoms with Gasteiger partial charge in [0.15, 0.2) is 0 Å². The molecule has 0 unspecified atom stereocenters. The van der Waals surface area contributed by atoms with Crippen LogP contribution in [0.5, 0.6) is 0 Å². The minimum atomic E-state index is -0.197. The molecule has 2 amide bonds. The van der Waals surface area contributed by atoms with Crippen molar-refractivity contribution in [3.05, 3.63) is 83.9 Å². The Morgan fingerprint density at radius 2 is 1.76 bits per heavy atom. The third-order valence-electron chi connectivity index (χ3n) is 5.44. The molecule has 2 N–H and O–H groups in total. The lowest BCUT2D eigenvalue weighted by atomic mass is 10.2. The number of amides is 2. The van der Waals surface area contributed by atoms with Gasteiger partial charge in [-0.15, -0.1) is 11.8 Å². The molecule has 1 heterocycles. The second-order valence-corrected chi connectivity index (χ2v) is 8.68. The van der Waals surface area contributed by atoms with Crippen molar-refractivity contribution in [1.29, 1.82) is 0 Å². The van der Waals surface area contributed by atoms with Crippen LogP contribution in [0.3, 0.4) is 0 Å². The number of nitrogens with zero attached hydrogens (tertiary/aromatic N) is 1. The average molecular weight is 462 g/mol. The average Bonchev–Trinajstić information content (AvgIpc) is 3.28. The quantitative estimate of drug-likeness (QED) is 0.363. The van der Waals surface area contributed by atoms with Crippen LogP contribution in [0.2, 0.25) is 0 Å². The topological polar surface area (TPSA) is 70.7 Å². The first-order valence-corrected chi connectivity index (χ1v) is 11.9. The van der Waals surface area contributed by atoms with Gasteiger partial charge >= 0.3 is 0 Å². The molecule has 3 aromatic carbocycles. The summed E-state index contributed by atoms with van der Waals surface area (Å²) in [6.07, 6.45) is 1.04. The van der Waals surface area contributed by atoms with E-state index in [0.717, 1.165) is 29.2 Å². The van der Waals surface area contributed by atoms with E-state index < -0.39 is 0 Å². The Balaban J connectivity index is 1.38. The van der Waals surface area contributed by atoms with Crippen molar-refractivity contribution in [1.82, 2.24) is 5.32 Å². The molecule has 0 atom stereocenters. The summed E-state index contributed by atoms with van der Waals surface area (Å²) in [5, 5.41) is 5.76. The predicted octanol–water partition coefficient (Wildman–Crippen LogP) is 4.49. The molecule has 33 heavy (non-hydrogen) atoms. The Kier molecular flexibility index (Phi) is 7.65. The molecule has 170 valence electrons. The molecule has 0 spiro atoms. The zero-order chi connectivity index (χ0) is 23.0. The van der Waals surface area contributed by atoms with E-state index >= 15 is 0 Å². The van der Waals surface area contributed by atoms with Crippen LogP contribution in [0.1, 0.15) is 15.9 Å². The minimum Gasteiger partial charge on any atom is -0.383 e. The monoisotopic (exact) mass is 461 g/mol. The van der Waals surface area contributed by atoms with E-state index in [1.807, 2.05) is 42.5 Å². The molecule has 7 heteroatoms. The van der Waals surface area contributed by atoms with Gasteiger partial charge in [-0.2, -0.15) is 0 Å². The fourth-order valence-corrected chi connectivity index (χ4v) is 4.68. The van der Waals surface area contributed by atoms with Crippen LogP contribution in [-0.4, -0.2) is 44.4 Å². The second kappa shape index (κ2) is 11.0. The number of para-hydroxylation sites is 1. The van der Waals surface area contributed by atoms with E-state index in [2.05, 4.69) is 39.8 Å². The highest BCUT2D eigenvalue weighted by atomic mass is 32.2. The number of fused-ring (bicyclic) bond motifs is 1. The molecule has 3 aromatic rings. The number of anilines is 3. The van der Waals surface area contributed by atoms with Gasteiger partial charge in [0.05, 0.1) is 17.9 Å². The Morgan fingerprint density at radius 3 is 2.58 bits per heavy atom. The minimum absolute atomic E-state index is 0.0914. The summed E-state index contributed by atoms with van der Waals surface area (Å²) >= 11 is 1.34. The largest absolute Gasteiger partial charge is 0.383 e. The van der Waals surface area contributed by atoms with Crippen molar-refractivity contribution in [2.24, 2.45) is 0 Å². The lowest BCUT2D eigenvalue weighted by Gasteiger charge is -2.20. The first-order valence-electron chi connectivity index (χ1n) is 10.9. The fraction of sp³-hybridized carbons (Fsp3) is 0.231. The van der Waals surface area contributed by atoms with Crippen LogP contribution < -0.4 is 15.5 Å². The number of carbonyl (C=O) groups is 2. The summed E-state index contributed by atoms with van der Waals surface area (Å²) in [7, 11) is 1.59. The van der Waals surface area contributed by atoms with Gasteiger partial charge in [-0.1, -0.05) is 30.3 Å². The molecule has 0 fully saturated rings. The van der Waals surface area contributed by atoms with Gasteiger partial charge in [0, 0.05) is 42.2 Å². The maximum Gasteiger partial charge on any atom is 0.256 e. The zero-order valence-electron chi connectivity index (χ0n) is 18.5. The second-order valence-electron chi connectivity index (χ2n) is 7.66. The van der Waals surface area contributed by atoms with Crippen LogP contribution in [-0.2, 0) is 16.0 Å². The number of thioether (sulfide) groups is 1. The van der Waals surface area contributed by atoms with Crippen molar-refractivity contribution in [3.8, 4) is 0 Å². The first-order chi connectivity index (χ1) is 16.2. The highest BCUT2D eigenvalue weighted by Gasteiger charge is 2.20. The summed E-state index contributed by atoms with van der Waals surface area (Å²) in [4.78, 5) is 28.0. The molecular formula is C26H27N3O3S. The van der Waals surface area contributed by atoms with E-state index in [9.17, 15) is 9.59 Å². The highest BCUT2D eigenvalue weighted by Crippen LogP contribution is 2.34. The summed E-state index contributed by atoms with van der Waals surface area (Å²) in [5.41, 5.74) is 4.98. The molecule has 6 nitrogen and oxygen atoms in total. The number of ether oxygens (including phenoxy) is 1. The third-order valence-corrected chi connectivity index (χ3v) is 6.52. The van der Waals surface area contributed by atoms with Gasteiger partial charge in [-0.05, 0) is 54.4 Å². The molecule has 4 rings (SSSR count). The predicted molar refractivity (Wildman–Crippen MR) is 134 cm³/mol. The Morgan fingerprint density at radius 1 is 1.00 bits per heavy atom. The third kappa shape index (κ3) is 5.74. The lowest BCUT2D eigenvalue weighted by Crippen LogP contribution is -2.28. The number of hydrogen-bond donors (Lipinski definition) is 2. The molecule has 0 bridgehead atoms. The van der Waals surface area contributed by atoms with Gasteiger partial charge in [0.1, 0.15) is 0 Å². The lowest BCUT2D eigenvalue weighted by molar-refractivity contribution is -0.118. The Hall–Kier alpha value is -3.29. The van der Waals surface area contributed by atoms with Crippen molar-refractivity contribution in [2.75, 3.05) is 42.8 Å². The summed E-state index contributed by atoms with van der Waals surface area (Å²) in [6.45, 7) is 1.89. The maximum absolute atomic E-state index is 12.9. The smallest absolute Gasteiger partial charge is 0.256 e. The summed E-state index contributed by atoms with van der Waals surface area (Å²) in [5.74, 6) is -0.0523. The van der Waals surface area contributed by atoms with Crippen LogP contribution in [0.25, 0.3) is 0 Å². The SMILES string of the molecule is COCCNC(=O)CSc1ccccc1C(=O)Nc1ccc(N2CCc3ccccc32)cc1. The van der Waals surface area contributed by atoms with E-state index in [-0.39, 0.29) is 17.6 Å². The molecule has 1 aliphatic rings. The summed E-state index contributed by atoms with van der Waals surface area (Å²) in [6, 6.07) is 23.7. The number of benzene rings is 3. The van der Waals surface area contributed by atoms with Crippen molar-refractivity contribution in [3.63, 3.8) is 0 Å². The van der Waals surface area contributed by atoms with E-state index in [1.165, 1.54) is 23.0 Å². The number of carbonyl (C=O) groups excluding carboxylic acids is 2. The highest BCUT2D eigenvalue weighted by molar-refractivity contribution is 8.00. The van der Waals surface area contributed by atoms with E-state index in [4.69, 9.17) is 4.74 Å². The first kappa shape index (κ1) is 22.9. The Bertz CT molecular complexity index is 1120. The van der Waals surface area contributed by atoms with Crippen molar-refractivity contribution in [2.45, 2.75) is 11.3 Å². The standard InChI is InChI=1S/C26H27N3O3S/c1-32-17-15-27-25(30)18-33-24-9-5-3-7-22(24)26(31)28-20-10-12-21(13-11-20)29-16-14-19-6-2-4-8-23(19)29/h2-13H,14-18H2,1H3,(H,27,30)(H,28,31). The zero-order valence-corrected chi connectivity index (χ0v) is 19.4. The van der Waals surface area contributed by atoms with Crippen LogP contribution in [0, 0.1) is 0 Å². The maximum atomic E-state index is 12.9. The summed E-state index contributed by atoms with van der Waals surface area (Å²) < 4.78 is 4.94. The normalized spacial score (nSPS) is 12.3. The van der Waals surface area contributed by atoms with Crippen LogP contribution in [0.4, 0.5) is 17.1 Å². The molecule has 0 aromatic heterocycles. The number of methoxy groups -OCH3 is 1. The Labute approximate surface area is 198 Å². The van der Waals surface area contributed by atoms with Gasteiger partial charge in [-0.25, -0.2) is 0 Å². The van der Waals surface area contributed by atoms with Crippen molar-refractivity contribution >= 4 is 40.6 Å². The number of hydrogen-bond acceptors (Lipinski definition) is 5.